The van der Waals surface area contributed by atoms with Gasteiger partial charge in [0, 0.05) is 18.8 Å². The van der Waals surface area contributed by atoms with Crippen LogP contribution in [-0.2, 0) is 11.8 Å². The van der Waals surface area contributed by atoms with Crippen molar-refractivity contribution in [3.05, 3.63) is 52.8 Å². The molecule has 0 unspecified atom stereocenters. The van der Waals surface area contributed by atoms with E-state index in [-0.39, 0.29) is 12.4 Å². The minimum atomic E-state index is -0.546. The number of ketones is 1. The summed E-state index contributed by atoms with van der Waals surface area (Å²) < 4.78 is 11.6. The summed E-state index contributed by atoms with van der Waals surface area (Å²) in [5.41, 5.74) is 0.746. The van der Waals surface area contributed by atoms with Gasteiger partial charge in [-0.05, 0) is 30.3 Å². The molecule has 110 valence electrons. The van der Waals surface area contributed by atoms with Crippen molar-refractivity contribution in [2.75, 3.05) is 13.7 Å². The molecule has 0 bridgehead atoms. The van der Waals surface area contributed by atoms with Gasteiger partial charge in [0.25, 0.3) is 0 Å². The highest BCUT2D eigenvalue weighted by molar-refractivity contribution is 6.32. The zero-order valence-corrected chi connectivity index (χ0v) is 12.4. The van der Waals surface area contributed by atoms with Gasteiger partial charge >= 0.3 is 5.97 Å². The number of halogens is 1. The van der Waals surface area contributed by atoms with E-state index in [1.165, 1.54) is 13.2 Å². The molecule has 2 aromatic rings. The van der Waals surface area contributed by atoms with Crippen LogP contribution in [0.1, 0.15) is 20.8 Å². The van der Waals surface area contributed by atoms with Crippen molar-refractivity contribution in [2.24, 2.45) is 7.05 Å². The Morgan fingerprint density at radius 3 is 2.62 bits per heavy atom. The SMILES string of the molecule is COc1ccc(C(=O)COC(=O)c2cccn2C)cc1Cl. The van der Waals surface area contributed by atoms with E-state index in [0.717, 1.165) is 0 Å². The molecule has 1 aromatic heterocycles. The number of Topliss-reactive ketones (excluding diaryl/α,β-unsaturated/α-hetero) is 1. The zero-order valence-electron chi connectivity index (χ0n) is 11.6. The lowest BCUT2D eigenvalue weighted by molar-refractivity contribution is 0.0465. The first-order chi connectivity index (χ1) is 10.0. The smallest absolute Gasteiger partial charge is 0.355 e. The van der Waals surface area contributed by atoms with Crippen molar-refractivity contribution in [2.45, 2.75) is 0 Å². The van der Waals surface area contributed by atoms with Crippen LogP contribution < -0.4 is 4.74 Å². The van der Waals surface area contributed by atoms with Gasteiger partial charge in [0.2, 0.25) is 0 Å². The third-order valence-electron chi connectivity index (χ3n) is 2.96. The molecule has 1 heterocycles. The van der Waals surface area contributed by atoms with Crippen LogP contribution in [0.25, 0.3) is 0 Å². The van der Waals surface area contributed by atoms with E-state index in [9.17, 15) is 9.59 Å². The monoisotopic (exact) mass is 307 g/mol. The average Bonchev–Trinajstić information content (AvgIpc) is 2.90. The summed E-state index contributed by atoms with van der Waals surface area (Å²) in [6, 6.07) is 8.00. The number of esters is 1. The third kappa shape index (κ3) is 3.44. The Kier molecular flexibility index (Phi) is 4.65. The zero-order chi connectivity index (χ0) is 15.4. The molecule has 0 radical (unpaired) electrons. The largest absolute Gasteiger partial charge is 0.495 e. The van der Waals surface area contributed by atoms with E-state index in [1.54, 1.807) is 42.1 Å². The van der Waals surface area contributed by atoms with E-state index in [0.29, 0.717) is 22.0 Å². The van der Waals surface area contributed by atoms with Gasteiger partial charge in [0.1, 0.15) is 11.4 Å². The second-order valence-corrected chi connectivity index (χ2v) is 4.76. The van der Waals surface area contributed by atoms with Crippen LogP contribution in [-0.4, -0.2) is 30.0 Å². The van der Waals surface area contributed by atoms with Crippen LogP contribution >= 0.6 is 11.6 Å². The summed E-state index contributed by atoms with van der Waals surface area (Å²) in [6.07, 6.45) is 1.72. The normalized spacial score (nSPS) is 10.2. The molecule has 6 heteroatoms. The minimum absolute atomic E-state index is 0.331. The number of hydrogen-bond donors (Lipinski definition) is 0. The molecule has 1 aromatic carbocycles. The van der Waals surface area contributed by atoms with Gasteiger partial charge in [-0.3, -0.25) is 4.79 Å². The molecule has 0 fully saturated rings. The number of hydrogen-bond acceptors (Lipinski definition) is 4. The molecule has 0 saturated carbocycles. The number of aromatic nitrogens is 1. The fourth-order valence-corrected chi connectivity index (χ4v) is 2.06. The van der Waals surface area contributed by atoms with Crippen molar-refractivity contribution < 1.29 is 19.1 Å². The number of nitrogens with zero attached hydrogens (tertiary/aromatic N) is 1. The summed E-state index contributed by atoms with van der Waals surface area (Å²) in [5, 5.41) is 0.331. The maximum atomic E-state index is 12.0. The highest BCUT2D eigenvalue weighted by Gasteiger charge is 2.14. The van der Waals surface area contributed by atoms with Crippen molar-refractivity contribution in [3.8, 4) is 5.75 Å². The Hall–Kier alpha value is -2.27. The summed E-state index contributed by atoms with van der Waals surface area (Å²) in [5.74, 6) is -0.397. The van der Waals surface area contributed by atoms with Crippen LogP contribution in [0.5, 0.6) is 5.75 Å². The van der Waals surface area contributed by atoms with Crippen LogP contribution in [0.4, 0.5) is 0 Å². The van der Waals surface area contributed by atoms with E-state index in [2.05, 4.69) is 0 Å². The molecule has 0 aliphatic rings. The molecule has 5 nitrogen and oxygen atoms in total. The number of aryl methyl sites for hydroxylation is 1. The van der Waals surface area contributed by atoms with E-state index in [1.807, 2.05) is 0 Å². The number of rotatable bonds is 5. The van der Waals surface area contributed by atoms with Gasteiger partial charge in [-0.25, -0.2) is 4.79 Å². The molecule has 0 atom stereocenters. The average molecular weight is 308 g/mol. The van der Waals surface area contributed by atoms with Crippen LogP contribution in [0.3, 0.4) is 0 Å². The first-order valence-electron chi connectivity index (χ1n) is 6.18. The Morgan fingerprint density at radius 2 is 2.05 bits per heavy atom. The molecule has 0 saturated heterocycles. The Morgan fingerprint density at radius 1 is 1.29 bits per heavy atom. The molecule has 0 N–H and O–H groups in total. The van der Waals surface area contributed by atoms with Gasteiger partial charge < -0.3 is 14.0 Å². The Balaban J connectivity index is 2.00. The first kappa shape index (κ1) is 15.1. The maximum Gasteiger partial charge on any atom is 0.355 e. The molecule has 2 rings (SSSR count). The predicted octanol–water partition coefficient (Wildman–Crippen LogP) is 2.73. The molecule has 0 spiro atoms. The lowest BCUT2D eigenvalue weighted by Crippen LogP contribution is -2.16. The molecule has 0 aliphatic heterocycles. The highest BCUT2D eigenvalue weighted by Crippen LogP contribution is 2.25. The van der Waals surface area contributed by atoms with Crippen molar-refractivity contribution in [1.82, 2.24) is 4.57 Å². The predicted molar refractivity (Wildman–Crippen MR) is 78.0 cm³/mol. The molecule has 0 amide bonds. The van der Waals surface area contributed by atoms with Gasteiger partial charge in [-0.15, -0.1) is 0 Å². The number of benzene rings is 1. The highest BCUT2D eigenvalue weighted by atomic mass is 35.5. The minimum Gasteiger partial charge on any atom is -0.495 e. The standard InChI is InChI=1S/C15H14ClNO4/c1-17-7-3-4-12(17)15(19)21-9-13(18)10-5-6-14(20-2)11(16)8-10/h3-8H,9H2,1-2H3. The van der Waals surface area contributed by atoms with Crippen molar-refractivity contribution in [1.29, 1.82) is 0 Å². The fourth-order valence-electron chi connectivity index (χ4n) is 1.80. The fraction of sp³-hybridized carbons (Fsp3) is 0.200. The lowest BCUT2D eigenvalue weighted by atomic mass is 10.1. The molecule has 21 heavy (non-hydrogen) atoms. The number of carbonyl (C=O) groups is 2. The van der Waals surface area contributed by atoms with E-state index in [4.69, 9.17) is 21.1 Å². The maximum absolute atomic E-state index is 12.0. The first-order valence-corrected chi connectivity index (χ1v) is 6.56. The van der Waals surface area contributed by atoms with Gasteiger partial charge in [-0.1, -0.05) is 11.6 Å². The van der Waals surface area contributed by atoms with Crippen LogP contribution in [0.15, 0.2) is 36.5 Å². The summed E-state index contributed by atoms with van der Waals surface area (Å²) in [7, 11) is 3.21. The summed E-state index contributed by atoms with van der Waals surface area (Å²) >= 11 is 5.95. The number of methoxy groups -OCH3 is 1. The summed E-state index contributed by atoms with van der Waals surface area (Å²) in [6.45, 7) is -0.341. The van der Waals surface area contributed by atoms with Gasteiger partial charge in [0.15, 0.2) is 12.4 Å². The van der Waals surface area contributed by atoms with E-state index >= 15 is 0 Å². The Bertz CT molecular complexity index is 678. The topological polar surface area (TPSA) is 57.5 Å². The second-order valence-electron chi connectivity index (χ2n) is 4.35. The van der Waals surface area contributed by atoms with Crippen molar-refractivity contribution >= 4 is 23.4 Å². The molecular formula is C15H14ClNO4. The molecule has 0 aliphatic carbocycles. The quantitative estimate of drug-likeness (QED) is 0.629. The number of carbonyl (C=O) groups excluding carboxylic acids is 2. The number of ether oxygens (including phenoxy) is 2. The van der Waals surface area contributed by atoms with E-state index < -0.39 is 5.97 Å². The second kappa shape index (κ2) is 6.45. The van der Waals surface area contributed by atoms with Gasteiger partial charge in [0.05, 0.1) is 12.1 Å². The third-order valence-corrected chi connectivity index (χ3v) is 3.26. The molecular weight excluding hydrogens is 294 g/mol. The summed E-state index contributed by atoms with van der Waals surface area (Å²) in [4.78, 5) is 23.8. The van der Waals surface area contributed by atoms with Crippen LogP contribution in [0.2, 0.25) is 5.02 Å². The Labute approximate surface area is 127 Å². The van der Waals surface area contributed by atoms with Crippen LogP contribution in [0, 0.1) is 0 Å². The lowest BCUT2D eigenvalue weighted by Gasteiger charge is -2.07. The van der Waals surface area contributed by atoms with Gasteiger partial charge in [-0.2, -0.15) is 0 Å². The van der Waals surface area contributed by atoms with Crippen molar-refractivity contribution in [3.63, 3.8) is 0 Å².